The molecule has 0 aliphatic rings. The Morgan fingerprint density at radius 3 is 0.780 bits per heavy atom. The minimum Gasteiger partial charge on any atom is -0.462 e. The highest BCUT2D eigenvalue weighted by atomic mass is 31.2. The Morgan fingerprint density at radius 1 is 0.308 bits per heavy atom. The summed E-state index contributed by atoms with van der Waals surface area (Å²) >= 11 is 0. The molecular formula is C72H140O17P2. The van der Waals surface area contributed by atoms with Crippen LogP contribution in [0.15, 0.2) is 0 Å². The largest absolute Gasteiger partial charge is 0.472 e. The maximum atomic E-state index is 13.0. The van der Waals surface area contributed by atoms with E-state index in [-0.39, 0.29) is 25.7 Å². The van der Waals surface area contributed by atoms with Crippen LogP contribution in [0.5, 0.6) is 0 Å². The zero-order valence-electron chi connectivity index (χ0n) is 59.1. The second-order valence-corrected chi connectivity index (χ2v) is 29.4. The van der Waals surface area contributed by atoms with Crippen molar-refractivity contribution < 1.29 is 80.2 Å². The van der Waals surface area contributed by atoms with Gasteiger partial charge in [-0.2, -0.15) is 0 Å². The average Bonchev–Trinajstić information content (AvgIpc) is 3.68. The molecule has 0 aliphatic carbocycles. The lowest BCUT2D eigenvalue weighted by molar-refractivity contribution is -0.161. The van der Waals surface area contributed by atoms with E-state index in [1.54, 1.807) is 0 Å². The van der Waals surface area contributed by atoms with E-state index in [2.05, 4.69) is 41.5 Å². The second kappa shape index (κ2) is 64.1. The fourth-order valence-electron chi connectivity index (χ4n) is 10.9. The van der Waals surface area contributed by atoms with Crippen LogP contribution in [0.2, 0.25) is 0 Å². The van der Waals surface area contributed by atoms with Crippen molar-refractivity contribution in [3.05, 3.63) is 0 Å². The van der Waals surface area contributed by atoms with E-state index in [0.29, 0.717) is 25.7 Å². The first-order valence-corrected chi connectivity index (χ1v) is 40.6. The van der Waals surface area contributed by atoms with E-state index in [1.807, 2.05) is 0 Å². The van der Waals surface area contributed by atoms with Crippen LogP contribution in [0.3, 0.4) is 0 Å². The summed E-state index contributed by atoms with van der Waals surface area (Å²) in [7, 11) is -9.90. The van der Waals surface area contributed by atoms with E-state index in [4.69, 9.17) is 37.0 Å². The van der Waals surface area contributed by atoms with Gasteiger partial charge in [0.25, 0.3) is 0 Å². The summed E-state index contributed by atoms with van der Waals surface area (Å²) in [6.07, 6.45) is 49.8. The number of hydrogen-bond acceptors (Lipinski definition) is 15. The number of esters is 4. The predicted octanol–water partition coefficient (Wildman–Crippen LogP) is 20.8. The molecule has 19 heteroatoms. The van der Waals surface area contributed by atoms with Crippen molar-refractivity contribution >= 4 is 39.5 Å². The topological polar surface area (TPSA) is 237 Å². The number of rotatable bonds is 71. The number of phosphoric acid groups is 2. The maximum Gasteiger partial charge on any atom is 0.472 e. The van der Waals surface area contributed by atoms with Crippen molar-refractivity contribution in [1.29, 1.82) is 0 Å². The summed E-state index contributed by atoms with van der Waals surface area (Å²) in [5.41, 5.74) is 0. The molecule has 0 spiro atoms. The monoisotopic (exact) mass is 1340 g/mol. The Hall–Kier alpha value is -1.94. The van der Waals surface area contributed by atoms with Gasteiger partial charge in [-0.25, -0.2) is 9.13 Å². The maximum absolute atomic E-state index is 13.0. The van der Waals surface area contributed by atoms with Gasteiger partial charge >= 0.3 is 39.5 Å². The SMILES string of the molecule is CCCCCCCCCCCCCCC(=O)O[C@H](COC(=O)CCCCCCCCC)COP(=O)(O)OC[C@H](O)COP(=O)(O)OC[C@@H](COC(=O)CCCCCCCCCCCCC(C)CC)OC(=O)CCCCCCCCCCCCCCCCC(C)CC. The zero-order chi connectivity index (χ0) is 67.2. The van der Waals surface area contributed by atoms with Gasteiger partial charge in [0.05, 0.1) is 26.4 Å². The van der Waals surface area contributed by atoms with E-state index >= 15 is 0 Å². The summed E-state index contributed by atoms with van der Waals surface area (Å²) in [5, 5.41) is 10.6. The van der Waals surface area contributed by atoms with Crippen LogP contribution in [0.4, 0.5) is 0 Å². The number of aliphatic hydroxyl groups excluding tert-OH is 1. The molecular weight excluding hydrogens is 1200 g/mol. The summed E-state index contributed by atoms with van der Waals surface area (Å²) in [5.74, 6) is -0.469. The molecule has 0 aliphatic heterocycles. The lowest BCUT2D eigenvalue weighted by Crippen LogP contribution is -2.30. The molecule has 0 amide bonds. The molecule has 0 aromatic heterocycles. The molecule has 3 N–H and O–H groups in total. The first-order valence-electron chi connectivity index (χ1n) is 37.6. The first-order chi connectivity index (χ1) is 43.9. The quantitative estimate of drug-likeness (QED) is 0.0222. The number of unbranched alkanes of at least 4 members (excludes halogenated alkanes) is 39. The Bertz CT molecular complexity index is 1770. The van der Waals surface area contributed by atoms with Gasteiger partial charge < -0.3 is 33.8 Å². The molecule has 0 saturated heterocycles. The molecule has 0 bridgehead atoms. The van der Waals surface area contributed by atoms with Gasteiger partial charge in [0.15, 0.2) is 12.2 Å². The number of hydrogen-bond donors (Lipinski definition) is 3. The van der Waals surface area contributed by atoms with Gasteiger partial charge in [-0.3, -0.25) is 37.3 Å². The average molecular weight is 1340 g/mol. The van der Waals surface area contributed by atoms with Crippen LogP contribution in [0, 0.1) is 11.8 Å². The lowest BCUT2D eigenvalue weighted by atomic mass is 9.99. The molecule has 0 aromatic carbocycles. The van der Waals surface area contributed by atoms with Gasteiger partial charge in [-0.05, 0) is 37.5 Å². The molecule has 0 heterocycles. The van der Waals surface area contributed by atoms with Crippen LogP contribution in [-0.2, 0) is 65.4 Å². The summed E-state index contributed by atoms with van der Waals surface area (Å²) in [4.78, 5) is 72.5. The molecule has 0 rings (SSSR count). The van der Waals surface area contributed by atoms with Crippen LogP contribution in [-0.4, -0.2) is 96.7 Å². The van der Waals surface area contributed by atoms with Crippen LogP contribution in [0.25, 0.3) is 0 Å². The van der Waals surface area contributed by atoms with E-state index in [1.165, 1.54) is 173 Å². The summed E-state index contributed by atoms with van der Waals surface area (Å²) < 4.78 is 68.3. The van der Waals surface area contributed by atoms with Crippen molar-refractivity contribution in [2.24, 2.45) is 11.8 Å². The summed E-state index contributed by atoms with van der Waals surface area (Å²) in [6, 6.07) is 0. The second-order valence-electron chi connectivity index (χ2n) is 26.5. The zero-order valence-corrected chi connectivity index (χ0v) is 60.9. The highest BCUT2D eigenvalue weighted by Crippen LogP contribution is 2.45. The molecule has 7 atom stereocenters. The predicted molar refractivity (Wildman–Crippen MR) is 368 cm³/mol. The highest BCUT2D eigenvalue weighted by molar-refractivity contribution is 7.47. The van der Waals surface area contributed by atoms with Crippen LogP contribution in [0.1, 0.15) is 369 Å². The van der Waals surface area contributed by atoms with Crippen molar-refractivity contribution in [3.63, 3.8) is 0 Å². The number of aliphatic hydroxyl groups is 1. The number of phosphoric ester groups is 2. The fourth-order valence-corrected chi connectivity index (χ4v) is 12.5. The fraction of sp³-hybridized carbons (Fsp3) is 0.944. The van der Waals surface area contributed by atoms with E-state index < -0.39 is 97.5 Å². The van der Waals surface area contributed by atoms with Crippen LogP contribution < -0.4 is 0 Å². The van der Waals surface area contributed by atoms with Gasteiger partial charge in [0.2, 0.25) is 0 Å². The van der Waals surface area contributed by atoms with Crippen LogP contribution >= 0.6 is 15.6 Å². The number of ether oxygens (including phenoxy) is 4. The highest BCUT2D eigenvalue weighted by Gasteiger charge is 2.30. The normalized spacial score (nSPS) is 14.7. The molecule has 0 radical (unpaired) electrons. The number of carbonyl (C=O) groups excluding carboxylic acids is 4. The molecule has 4 unspecified atom stereocenters. The third-order valence-electron chi connectivity index (χ3n) is 17.4. The van der Waals surface area contributed by atoms with Gasteiger partial charge in [0, 0.05) is 25.7 Å². The van der Waals surface area contributed by atoms with E-state index in [0.717, 1.165) is 115 Å². The molecule has 540 valence electrons. The first kappa shape index (κ1) is 89.1. The van der Waals surface area contributed by atoms with Gasteiger partial charge in [0.1, 0.15) is 19.3 Å². The Balaban J connectivity index is 5.21. The molecule has 17 nitrogen and oxygen atoms in total. The summed E-state index contributed by atoms with van der Waals surface area (Å²) in [6.45, 7) is 9.61. The third-order valence-corrected chi connectivity index (χ3v) is 19.3. The molecule has 0 fully saturated rings. The van der Waals surface area contributed by atoms with Crippen molar-refractivity contribution in [2.75, 3.05) is 39.6 Å². The minimum atomic E-state index is -4.95. The number of carbonyl (C=O) groups is 4. The Kier molecular flexibility index (Phi) is 62.7. The van der Waals surface area contributed by atoms with Crippen molar-refractivity contribution in [1.82, 2.24) is 0 Å². The molecule has 0 aromatic rings. The third kappa shape index (κ3) is 63.9. The standard InChI is InChI=1S/C72H140O17P2/c1-7-11-13-15-17-18-19-25-32-38-44-50-56-71(76)88-67(60-82-69(74)54-48-42-34-16-14-12-8-2)62-86-90(78,79)84-58-66(73)59-85-91(80,81)87-63-68(61-83-70(75)55-49-43-37-31-28-27-30-36-41-47-53-65(6)10-4)89-72(77)57-51-45-39-33-26-23-21-20-22-24-29-35-40-46-52-64(5)9-3/h64-68,73H,7-63H2,1-6H3,(H,78,79)(H,80,81)/t64?,65?,66-,67+,68+/m0/s1. The van der Waals surface area contributed by atoms with Crippen molar-refractivity contribution in [3.8, 4) is 0 Å². The van der Waals surface area contributed by atoms with Gasteiger partial charge in [-0.1, -0.05) is 318 Å². The minimum absolute atomic E-state index is 0.107. The smallest absolute Gasteiger partial charge is 0.462 e. The Labute approximate surface area is 556 Å². The molecule has 91 heavy (non-hydrogen) atoms. The lowest BCUT2D eigenvalue weighted by Gasteiger charge is -2.21. The van der Waals surface area contributed by atoms with Crippen molar-refractivity contribution in [2.45, 2.75) is 387 Å². The van der Waals surface area contributed by atoms with E-state index in [9.17, 15) is 43.2 Å². The molecule has 0 saturated carbocycles. The Morgan fingerprint density at radius 2 is 0.527 bits per heavy atom. The van der Waals surface area contributed by atoms with Gasteiger partial charge in [-0.15, -0.1) is 0 Å².